The largest absolute Gasteiger partial charge is 0.328 e. The Bertz CT molecular complexity index is 1240. The molecule has 1 fully saturated rings. The summed E-state index contributed by atoms with van der Waals surface area (Å²) < 4.78 is 15.8. The number of hydrogen-bond acceptors (Lipinski definition) is 3. The molecule has 4 aromatic rings. The molecule has 1 N–H and O–H groups in total. The summed E-state index contributed by atoms with van der Waals surface area (Å²) in [4.78, 5) is 31.5. The van der Waals surface area contributed by atoms with E-state index in [1.54, 1.807) is 12.3 Å². The molecule has 0 spiro atoms. The number of ketones is 1. The number of aromatic amines is 1. The molecule has 0 amide bonds. The molecule has 0 bridgehead atoms. The number of carbonyl (C=O) groups is 1. The van der Waals surface area contributed by atoms with Gasteiger partial charge in [0, 0.05) is 41.9 Å². The van der Waals surface area contributed by atoms with Gasteiger partial charge < -0.3 is 4.98 Å². The van der Waals surface area contributed by atoms with Crippen LogP contribution in [0.25, 0.3) is 27.3 Å². The predicted molar refractivity (Wildman–Crippen MR) is 97.0 cm³/mol. The van der Waals surface area contributed by atoms with Crippen LogP contribution in [-0.4, -0.2) is 20.2 Å². The Morgan fingerprint density at radius 3 is 2.73 bits per heavy atom. The van der Waals surface area contributed by atoms with Crippen LogP contribution in [0.15, 0.2) is 41.5 Å². The lowest BCUT2D eigenvalue weighted by molar-refractivity contribution is -0.120. The van der Waals surface area contributed by atoms with Crippen molar-refractivity contribution < 1.29 is 9.18 Å². The van der Waals surface area contributed by atoms with Gasteiger partial charge in [0.25, 0.3) is 5.56 Å². The number of Topliss-reactive ketones (excluding diaryl/α,β-unsaturated/α-hetero) is 1. The van der Waals surface area contributed by atoms with Gasteiger partial charge in [-0.2, -0.15) is 0 Å². The number of aromatic nitrogens is 3. The van der Waals surface area contributed by atoms with Crippen molar-refractivity contribution >= 4 is 33.1 Å². The quantitative estimate of drug-likeness (QED) is 0.533. The zero-order chi connectivity index (χ0) is 17.8. The first-order valence-electron chi connectivity index (χ1n) is 8.75. The first kappa shape index (κ1) is 15.3. The molecule has 0 atom stereocenters. The first-order valence-corrected chi connectivity index (χ1v) is 8.75. The molecule has 1 aliphatic rings. The van der Waals surface area contributed by atoms with Gasteiger partial charge in [-0.05, 0) is 37.1 Å². The molecule has 0 aliphatic heterocycles. The van der Waals surface area contributed by atoms with Gasteiger partial charge in [-0.15, -0.1) is 0 Å². The summed E-state index contributed by atoms with van der Waals surface area (Å²) in [5.41, 5.74) is 2.09. The smallest absolute Gasteiger partial charge is 0.257 e. The molecule has 6 heteroatoms. The summed E-state index contributed by atoms with van der Waals surface area (Å²) in [5.74, 6) is 0.159. The molecule has 26 heavy (non-hydrogen) atoms. The zero-order valence-electron chi connectivity index (χ0n) is 14.0. The van der Waals surface area contributed by atoms with Crippen LogP contribution in [-0.2, 0) is 4.79 Å². The maximum Gasteiger partial charge on any atom is 0.257 e. The number of fused-ring (bicyclic) bond motifs is 6. The summed E-state index contributed by atoms with van der Waals surface area (Å²) in [5, 5.41) is 1.76. The standard InChI is InChI=1S/C20H16FN3O2/c21-12-3-6-14-15(9-12)18-17(7-8-22-20(18)26)24-10-16(23-19(14)24)11-1-4-13(25)5-2-11/h3,6-11H,1-2,4-5H2,(H,22,26). The van der Waals surface area contributed by atoms with E-state index >= 15 is 0 Å². The Labute approximate surface area is 147 Å². The highest BCUT2D eigenvalue weighted by molar-refractivity contribution is 6.11. The number of pyridine rings is 2. The Morgan fingerprint density at radius 1 is 1.12 bits per heavy atom. The molecule has 0 unspecified atom stereocenters. The third-order valence-corrected chi connectivity index (χ3v) is 5.38. The van der Waals surface area contributed by atoms with Gasteiger partial charge in [0.05, 0.1) is 16.6 Å². The summed E-state index contributed by atoms with van der Waals surface area (Å²) in [6.45, 7) is 0. The number of carbonyl (C=O) groups excluding carboxylic acids is 1. The normalized spacial score (nSPS) is 16.1. The highest BCUT2D eigenvalue weighted by Gasteiger charge is 2.23. The number of halogens is 1. The molecule has 0 saturated heterocycles. The number of nitrogens with zero attached hydrogens (tertiary/aromatic N) is 2. The van der Waals surface area contributed by atoms with Crippen LogP contribution in [0.2, 0.25) is 0 Å². The monoisotopic (exact) mass is 349 g/mol. The second kappa shape index (κ2) is 5.49. The van der Waals surface area contributed by atoms with Gasteiger partial charge in [0.2, 0.25) is 0 Å². The van der Waals surface area contributed by atoms with Crippen molar-refractivity contribution in [3.8, 4) is 0 Å². The third kappa shape index (κ3) is 2.18. The molecule has 3 aromatic heterocycles. The van der Waals surface area contributed by atoms with Crippen molar-refractivity contribution in [3.63, 3.8) is 0 Å². The van der Waals surface area contributed by atoms with E-state index in [-0.39, 0.29) is 17.3 Å². The van der Waals surface area contributed by atoms with Crippen molar-refractivity contribution in [1.29, 1.82) is 0 Å². The Kier molecular flexibility index (Phi) is 3.22. The van der Waals surface area contributed by atoms with Gasteiger partial charge in [-0.3, -0.25) is 14.0 Å². The first-order chi connectivity index (χ1) is 12.6. The second-order valence-corrected chi connectivity index (χ2v) is 6.93. The minimum atomic E-state index is -0.385. The Balaban J connectivity index is 1.86. The van der Waals surface area contributed by atoms with Crippen molar-refractivity contribution in [2.45, 2.75) is 31.6 Å². The molecule has 1 aliphatic carbocycles. The highest BCUT2D eigenvalue weighted by Crippen LogP contribution is 2.34. The molecular weight excluding hydrogens is 333 g/mol. The fraction of sp³-hybridized carbons (Fsp3) is 0.250. The van der Waals surface area contributed by atoms with Crippen LogP contribution in [0.5, 0.6) is 0 Å². The SMILES string of the molecule is O=C1CCC(c2cn3c4cc[nH]c(=O)c4c4cc(F)ccc4c3n2)CC1. The molecule has 0 radical (unpaired) electrons. The lowest BCUT2D eigenvalue weighted by Crippen LogP contribution is -2.12. The van der Waals surface area contributed by atoms with E-state index in [4.69, 9.17) is 4.98 Å². The second-order valence-electron chi connectivity index (χ2n) is 6.93. The number of H-pyrrole nitrogens is 1. The van der Waals surface area contributed by atoms with Crippen LogP contribution in [0.4, 0.5) is 4.39 Å². The third-order valence-electron chi connectivity index (χ3n) is 5.38. The lowest BCUT2D eigenvalue weighted by atomic mass is 9.86. The molecule has 130 valence electrons. The number of rotatable bonds is 1. The molecule has 1 aromatic carbocycles. The number of hydrogen-bond donors (Lipinski definition) is 1. The maximum absolute atomic E-state index is 13.9. The van der Waals surface area contributed by atoms with E-state index in [0.717, 1.165) is 23.9 Å². The molecular formula is C20H16FN3O2. The predicted octanol–water partition coefficient (Wildman–Crippen LogP) is 3.69. The van der Waals surface area contributed by atoms with Crippen LogP contribution in [0, 0.1) is 5.82 Å². The molecule has 3 heterocycles. The van der Waals surface area contributed by atoms with E-state index in [2.05, 4.69) is 4.98 Å². The fourth-order valence-electron chi connectivity index (χ4n) is 4.05. The Hall–Kier alpha value is -3.02. The van der Waals surface area contributed by atoms with Crippen molar-refractivity contribution in [2.75, 3.05) is 0 Å². The van der Waals surface area contributed by atoms with Gasteiger partial charge in [0.15, 0.2) is 0 Å². The van der Waals surface area contributed by atoms with Gasteiger partial charge in [0.1, 0.15) is 17.2 Å². The lowest BCUT2D eigenvalue weighted by Gasteiger charge is -2.18. The van der Waals surface area contributed by atoms with E-state index in [0.29, 0.717) is 40.6 Å². The minimum Gasteiger partial charge on any atom is -0.328 e. The van der Waals surface area contributed by atoms with E-state index in [1.807, 2.05) is 16.7 Å². The van der Waals surface area contributed by atoms with Crippen molar-refractivity contribution in [1.82, 2.24) is 14.4 Å². The summed E-state index contributed by atoms with van der Waals surface area (Å²) >= 11 is 0. The van der Waals surface area contributed by atoms with Gasteiger partial charge in [-0.25, -0.2) is 9.37 Å². The number of imidazole rings is 1. The average Bonchev–Trinajstić information content (AvgIpc) is 3.08. The minimum absolute atomic E-state index is 0.236. The van der Waals surface area contributed by atoms with Crippen molar-refractivity contribution in [3.05, 3.63) is 58.5 Å². The topological polar surface area (TPSA) is 67.2 Å². The molecule has 1 saturated carbocycles. The number of nitrogens with one attached hydrogen (secondary N) is 1. The van der Waals surface area contributed by atoms with Crippen LogP contribution in [0.1, 0.15) is 37.3 Å². The van der Waals surface area contributed by atoms with Crippen molar-refractivity contribution in [2.24, 2.45) is 0 Å². The van der Waals surface area contributed by atoms with E-state index < -0.39 is 0 Å². The van der Waals surface area contributed by atoms with E-state index in [9.17, 15) is 14.0 Å². The summed E-state index contributed by atoms with van der Waals surface area (Å²) in [6.07, 6.45) is 6.33. The summed E-state index contributed by atoms with van der Waals surface area (Å²) in [7, 11) is 0. The zero-order valence-corrected chi connectivity index (χ0v) is 14.0. The fourth-order valence-corrected chi connectivity index (χ4v) is 4.05. The van der Waals surface area contributed by atoms with Crippen LogP contribution < -0.4 is 5.56 Å². The molecule has 5 rings (SSSR count). The number of benzene rings is 1. The van der Waals surface area contributed by atoms with Gasteiger partial charge in [-0.1, -0.05) is 0 Å². The highest BCUT2D eigenvalue weighted by atomic mass is 19.1. The van der Waals surface area contributed by atoms with E-state index in [1.165, 1.54) is 12.1 Å². The van der Waals surface area contributed by atoms with Crippen LogP contribution in [0.3, 0.4) is 0 Å². The molecule has 5 nitrogen and oxygen atoms in total. The van der Waals surface area contributed by atoms with Gasteiger partial charge >= 0.3 is 0 Å². The maximum atomic E-state index is 13.9. The van der Waals surface area contributed by atoms with Crippen LogP contribution >= 0.6 is 0 Å². The average molecular weight is 349 g/mol. The Morgan fingerprint density at radius 2 is 1.92 bits per heavy atom. The summed E-state index contributed by atoms with van der Waals surface area (Å²) in [6, 6.07) is 6.26.